The van der Waals surface area contributed by atoms with Gasteiger partial charge in [-0.05, 0) is 50.5 Å². The molecule has 2 aromatic rings. The van der Waals surface area contributed by atoms with E-state index in [9.17, 15) is 4.79 Å². The van der Waals surface area contributed by atoms with Crippen LogP contribution in [-0.4, -0.2) is 38.1 Å². The Morgan fingerprint density at radius 3 is 2.46 bits per heavy atom. The molecule has 0 aromatic heterocycles. The second kappa shape index (κ2) is 13.3. The van der Waals surface area contributed by atoms with Gasteiger partial charge in [-0.2, -0.15) is 0 Å². The van der Waals surface area contributed by atoms with Crippen LogP contribution in [0.25, 0.3) is 0 Å². The standard InChI is InChI=1S/C22H28ClO3P.Li.H/c1-4-6-8-16(5-2)15-26-17-11-13-18(14-12-17)27-22(24)21-19(23)9-7-10-20(21)25-3;;/h7,9-14,16,27H,4-6,8,15H2,1-3H3;;. The summed E-state index contributed by atoms with van der Waals surface area (Å²) in [4.78, 5) is 12.7. The number of ether oxygens (including phenoxy) is 2. The first-order chi connectivity index (χ1) is 13.1. The van der Waals surface area contributed by atoms with Crippen molar-refractivity contribution in [1.82, 2.24) is 0 Å². The number of halogens is 1. The number of unbranched alkanes of at least 4 members (excludes halogenated alkanes) is 1. The second-order valence-electron chi connectivity index (χ2n) is 6.52. The first-order valence-electron chi connectivity index (χ1n) is 9.45. The van der Waals surface area contributed by atoms with Crippen molar-refractivity contribution in [2.45, 2.75) is 39.5 Å². The normalized spacial score (nSPS) is 11.9. The van der Waals surface area contributed by atoms with Crippen molar-refractivity contribution in [3.63, 3.8) is 0 Å². The average Bonchev–Trinajstić information content (AvgIpc) is 2.68. The maximum absolute atomic E-state index is 12.7. The molecule has 0 amide bonds. The summed E-state index contributed by atoms with van der Waals surface area (Å²) in [5.41, 5.74) is 0.416. The monoisotopic (exact) mass is 414 g/mol. The van der Waals surface area contributed by atoms with Crippen LogP contribution in [0.2, 0.25) is 5.02 Å². The molecule has 28 heavy (non-hydrogen) atoms. The number of carbonyl (C=O) groups excluding carboxylic acids is 1. The third kappa shape index (κ3) is 7.45. The molecule has 2 unspecified atom stereocenters. The van der Waals surface area contributed by atoms with Gasteiger partial charge in [-0.3, -0.25) is 4.79 Å². The summed E-state index contributed by atoms with van der Waals surface area (Å²) in [6.45, 7) is 5.17. The van der Waals surface area contributed by atoms with E-state index in [-0.39, 0.29) is 33.0 Å². The molecule has 0 aliphatic carbocycles. The Labute approximate surface area is 187 Å². The van der Waals surface area contributed by atoms with Gasteiger partial charge in [-0.1, -0.05) is 62.9 Å². The van der Waals surface area contributed by atoms with E-state index >= 15 is 0 Å². The molecule has 148 valence electrons. The Kier molecular flexibility index (Phi) is 11.9. The summed E-state index contributed by atoms with van der Waals surface area (Å²) in [6.07, 6.45) is 4.81. The summed E-state index contributed by atoms with van der Waals surface area (Å²) in [5.74, 6) is 1.96. The molecular weight excluding hydrogens is 386 g/mol. The Balaban J connectivity index is 0.00000392. The van der Waals surface area contributed by atoms with Crippen molar-refractivity contribution in [1.29, 1.82) is 0 Å². The van der Waals surface area contributed by atoms with Gasteiger partial charge in [0.1, 0.15) is 11.5 Å². The van der Waals surface area contributed by atoms with Crippen molar-refractivity contribution >= 4 is 49.9 Å². The van der Waals surface area contributed by atoms with Gasteiger partial charge in [0.15, 0.2) is 5.52 Å². The predicted molar refractivity (Wildman–Crippen MR) is 123 cm³/mol. The van der Waals surface area contributed by atoms with E-state index in [1.807, 2.05) is 24.3 Å². The van der Waals surface area contributed by atoms with Crippen molar-refractivity contribution < 1.29 is 14.3 Å². The predicted octanol–water partition coefficient (Wildman–Crippen LogP) is 5.44. The van der Waals surface area contributed by atoms with Gasteiger partial charge in [0, 0.05) is 0 Å². The van der Waals surface area contributed by atoms with Crippen LogP contribution in [0.5, 0.6) is 11.5 Å². The summed E-state index contributed by atoms with van der Waals surface area (Å²) < 4.78 is 11.2. The quantitative estimate of drug-likeness (QED) is 0.363. The fourth-order valence-electron chi connectivity index (χ4n) is 2.84. The zero-order valence-electron chi connectivity index (χ0n) is 16.3. The van der Waals surface area contributed by atoms with Crippen LogP contribution in [0.4, 0.5) is 0 Å². The topological polar surface area (TPSA) is 35.5 Å². The van der Waals surface area contributed by atoms with Crippen molar-refractivity contribution in [3.8, 4) is 11.5 Å². The molecule has 0 saturated carbocycles. The number of carbonyl (C=O) groups is 1. The van der Waals surface area contributed by atoms with Gasteiger partial charge >= 0.3 is 18.9 Å². The number of hydrogen-bond acceptors (Lipinski definition) is 3. The number of hydrogen-bond donors (Lipinski definition) is 0. The Hall–Kier alpha value is -0.973. The van der Waals surface area contributed by atoms with Crippen LogP contribution in [0, 0.1) is 5.92 Å². The number of benzene rings is 2. The van der Waals surface area contributed by atoms with Crippen LogP contribution < -0.4 is 14.8 Å². The van der Waals surface area contributed by atoms with Crippen molar-refractivity contribution in [2.75, 3.05) is 13.7 Å². The third-order valence-corrected chi connectivity index (χ3v) is 5.98. The van der Waals surface area contributed by atoms with Crippen molar-refractivity contribution in [2.24, 2.45) is 5.92 Å². The molecule has 3 nitrogen and oxygen atoms in total. The Morgan fingerprint density at radius 2 is 1.86 bits per heavy atom. The molecule has 0 heterocycles. The van der Waals surface area contributed by atoms with Gasteiger partial charge in [0.25, 0.3) is 0 Å². The zero-order valence-corrected chi connectivity index (χ0v) is 18.0. The fraction of sp³-hybridized carbons (Fsp3) is 0.409. The molecule has 0 bridgehead atoms. The summed E-state index contributed by atoms with van der Waals surface area (Å²) in [5, 5.41) is 1.37. The van der Waals surface area contributed by atoms with E-state index < -0.39 is 0 Å². The molecule has 0 fully saturated rings. The SMILES string of the molecule is CCCCC(CC)COc1ccc(PC(=O)c2c(Cl)cccc2OC)cc1.[LiH]. The van der Waals surface area contributed by atoms with Gasteiger partial charge in [0.05, 0.1) is 24.3 Å². The first-order valence-corrected chi connectivity index (χ1v) is 10.8. The van der Waals surface area contributed by atoms with Gasteiger partial charge in [0.2, 0.25) is 0 Å². The molecule has 2 atom stereocenters. The van der Waals surface area contributed by atoms with Crippen LogP contribution in [0.3, 0.4) is 0 Å². The second-order valence-corrected chi connectivity index (χ2v) is 8.21. The van der Waals surface area contributed by atoms with Gasteiger partial charge in [-0.25, -0.2) is 0 Å². The molecule has 0 radical (unpaired) electrons. The third-order valence-electron chi connectivity index (χ3n) is 4.56. The minimum atomic E-state index is -0.0308. The summed E-state index contributed by atoms with van der Waals surface area (Å²) >= 11 is 6.20. The Morgan fingerprint density at radius 1 is 1.14 bits per heavy atom. The van der Waals surface area contributed by atoms with Crippen molar-refractivity contribution in [3.05, 3.63) is 53.1 Å². The van der Waals surface area contributed by atoms with Crippen LogP contribution in [0.15, 0.2) is 42.5 Å². The van der Waals surface area contributed by atoms with E-state index in [1.165, 1.54) is 19.3 Å². The molecule has 0 aliphatic heterocycles. The van der Waals surface area contributed by atoms with E-state index in [0.29, 0.717) is 22.3 Å². The molecule has 0 saturated heterocycles. The fourth-order valence-corrected chi connectivity index (χ4v) is 4.14. The van der Waals surface area contributed by atoms with E-state index in [2.05, 4.69) is 13.8 Å². The van der Waals surface area contributed by atoms with Gasteiger partial charge < -0.3 is 9.47 Å². The average molecular weight is 415 g/mol. The molecule has 0 aliphatic rings. The minimum absolute atomic E-state index is 0. The first kappa shape index (κ1) is 25.1. The number of methoxy groups -OCH3 is 1. The molecule has 0 N–H and O–H groups in total. The summed E-state index contributed by atoms with van der Waals surface area (Å²) in [6, 6.07) is 13.0. The molecule has 2 aromatic carbocycles. The van der Waals surface area contributed by atoms with Gasteiger partial charge in [-0.15, -0.1) is 0 Å². The van der Waals surface area contributed by atoms with E-state index in [4.69, 9.17) is 21.1 Å². The summed E-state index contributed by atoms with van der Waals surface area (Å²) in [7, 11) is 1.53. The molecule has 0 spiro atoms. The molecule has 2 rings (SSSR count). The molecule has 6 heteroatoms. The van der Waals surface area contributed by atoms with E-state index in [0.717, 1.165) is 24.1 Å². The zero-order chi connectivity index (χ0) is 19.6. The van der Waals surface area contributed by atoms with E-state index in [1.54, 1.807) is 25.3 Å². The number of rotatable bonds is 11. The van der Waals surface area contributed by atoms with Crippen LogP contribution in [0.1, 0.15) is 49.9 Å². The Bertz CT molecular complexity index is 737. The molecular formula is C22H29ClLiO3P. The maximum atomic E-state index is 12.7. The van der Waals surface area contributed by atoms with Crippen LogP contribution >= 0.6 is 20.2 Å². The van der Waals surface area contributed by atoms with Crippen LogP contribution in [-0.2, 0) is 0 Å².